The predicted molar refractivity (Wildman–Crippen MR) is 86.2 cm³/mol. The number of aromatic nitrogens is 2. The number of nitrogens with two attached hydrogens (primary N) is 1. The lowest BCUT2D eigenvalue weighted by Crippen LogP contribution is -2.21. The van der Waals surface area contributed by atoms with Crippen molar-refractivity contribution in [2.24, 2.45) is 0 Å². The molecule has 112 valence electrons. The second-order valence-corrected chi connectivity index (χ2v) is 5.76. The lowest BCUT2D eigenvalue weighted by atomic mass is 10.2. The fourth-order valence-corrected chi connectivity index (χ4v) is 2.56. The van der Waals surface area contributed by atoms with Crippen LogP contribution in [0.5, 0.6) is 0 Å². The number of carbonyl (C=O) groups is 1. The summed E-state index contributed by atoms with van der Waals surface area (Å²) in [6.07, 6.45) is 0. The van der Waals surface area contributed by atoms with Gasteiger partial charge in [-0.2, -0.15) is 5.10 Å². The van der Waals surface area contributed by atoms with Crippen LogP contribution in [0.1, 0.15) is 11.4 Å². The van der Waals surface area contributed by atoms with Gasteiger partial charge in [0.15, 0.2) is 0 Å². The fourth-order valence-electron chi connectivity index (χ4n) is 1.87. The molecule has 1 heterocycles. The average molecular weight is 348 g/mol. The molecule has 0 fully saturated rings. The van der Waals surface area contributed by atoms with Crippen LogP contribution in [0.25, 0.3) is 0 Å². The minimum absolute atomic E-state index is 0.0117. The highest BCUT2D eigenvalue weighted by Crippen LogP contribution is 2.32. The summed E-state index contributed by atoms with van der Waals surface area (Å²) in [5.41, 5.74) is 7.82. The van der Waals surface area contributed by atoms with Crippen LogP contribution >= 0.6 is 34.8 Å². The van der Waals surface area contributed by atoms with Crippen LogP contribution in [-0.2, 0) is 11.3 Å². The van der Waals surface area contributed by atoms with E-state index < -0.39 is 0 Å². The lowest BCUT2D eigenvalue weighted by Gasteiger charge is -2.11. The van der Waals surface area contributed by atoms with E-state index in [4.69, 9.17) is 40.5 Å². The molecule has 1 amide bonds. The van der Waals surface area contributed by atoms with E-state index in [1.807, 2.05) is 0 Å². The molecule has 0 bridgehead atoms. The monoisotopic (exact) mass is 346 g/mol. The Hall–Kier alpha value is -1.43. The third kappa shape index (κ3) is 3.43. The Morgan fingerprint density at radius 2 is 2.00 bits per heavy atom. The predicted octanol–water partition coefficient (Wildman–Crippen LogP) is 3.68. The van der Waals surface area contributed by atoms with Gasteiger partial charge < -0.3 is 11.1 Å². The Balaban J connectivity index is 2.17. The van der Waals surface area contributed by atoms with Gasteiger partial charge in [-0.1, -0.05) is 34.8 Å². The molecule has 2 rings (SSSR count). The molecule has 0 atom stereocenters. The average Bonchev–Trinajstić information content (AvgIpc) is 2.61. The smallest absolute Gasteiger partial charge is 0.246 e. The van der Waals surface area contributed by atoms with Gasteiger partial charge in [0.1, 0.15) is 6.54 Å². The van der Waals surface area contributed by atoms with Crippen LogP contribution in [0.3, 0.4) is 0 Å². The third-order valence-electron chi connectivity index (χ3n) is 2.94. The third-order valence-corrected chi connectivity index (χ3v) is 4.00. The van der Waals surface area contributed by atoms with Crippen molar-refractivity contribution in [3.05, 3.63) is 38.6 Å². The molecule has 0 aliphatic rings. The van der Waals surface area contributed by atoms with Crippen molar-refractivity contribution in [2.45, 2.75) is 20.4 Å². The second-order valence-electron chi connectivity index (χ2n) is 4.54. The van der Waals surface area contributed by atoms with Crippen molar-refractivity contribution < 1.29 is 4.79 Å². The number of amides is 1. The molecule has 3 N–H and O–H groups in total. The van der Waals surface area contributed by atoms with E-state index in [1.54, 1.807) is 13.8 Å². The van der Waals surface area contributed by atoms with Crippen molar-refractivity contribution in [3.8, 4) is 0 Å². The van der Waals surface area contributed by atoms with Crippen LogP contribution in [0.4, 0.5) is 11.4 Å². The summed E-state index contributed by atoms with van der Waals surface area (Å²) >= 11 is 17.9. The summed E-state index contributed by atoms with van der Waals surface area (Å²) in [5.74, 6) is -0.312. The zero-order chi connectivity index (χ0) is 15.7. The van der Waals surface area contributed by atoms with Crippen molar-refractivity contribution in [2.75, 3.05) is 11.1 Å². The molecule has 0 saturated carbocycles. The Morgan fingerprint density at radius 1 is 1.33 bits per heavy atom. The number of anilines is 2. The maximum atomic E-state index is 12.1. The van der Waals surface area contributed by atoms with E-state index in [9.17, 15) is 4.79 Å². The topological polar surface area (TPSA) is 72.9 Å². The molecule has 21 heavy (non-hydrogen) atoms. The number of carbonyl (C=O) groups excluding carboxylic acids is 1. The number of halogens is 3. The zero-order valence-corrected chi connectivity index (χ0v) is 13.6. The molecular weight excluding hydrogens is 335 g/mol. The Labute approximate surface area is 137 Å². The first-order valence-electron chi connectivity index (χ1n) is 6.03. The van der Waals surface area contributed by atoms with Gasteiger partial charge in [0, 0.05) is 5.02 Å². The van der Waals surface area contributed by atoms with E-state index >= 15 is 0 Å². The number of nitrogens with zero attached hydrogens (tertiary/aromatic N) is 2. The molecule has 0 spiro atoms. The molecule has 0 unspecified atom stereocenters. The van der Waals surface area contributed by atoms with Gasteiger partial charge in [0.2, 0.25) is 5.91 Å². The first kappa shape index (κ1) is 15.9. The Morgan fingerprint density at radius 3 is 2.52 bits per heavy atom. The summed E-state index contributed by atoms with van der Waals surface area (Å²) in [5, 5.41) is 8.07. The van der Waals surface area contributed by atoms with E-state index in [0.29, 0.717) is 27.1 Å². The maximum Gasteiger partial charge on any atom is 0.246 e. The largest absolute Gasteiger partial charge is 0.397 e. The molecule has 0 radical (unpaired) electrons. The molecule has 2 aromatic rings. The highest BCUT2D eigenvalue weighted by Gasteiger charge is 2.14. The molecule has 1 aromatic carbocycles. The summed E-state index contributed by atoms with van der Waals surface area (Å²) < 4.78 is 1.52. The number of aryl methyl sites for hydroxylation is 1. The van der Waals surface area contributed by atoms with E-state index in [-0.39, 0.29) is 17.5 Å². The van der Waals surface area contributed by atoms with E-state index in [1.165, 1.54) is 16.8 Å². The first-order valence-corrected chi connectivity index (χ1v) is 7.17. The summed E-state index contributed by atoms with van der Waals surface area (Å²) in [4.78, 5) is 12.1. The number of nitrogen functional groups attached to an aromatic ring is 1. The number of benzene rings is 1. The van der Waals surface area contributed by atoms with Crippen LogP contribution in [0.2, 0.25) is 15.1 Å². The normalized spacial score (nSPS) is 10.7. The van der Waals surface area contributed by atoms with Gasteiger partial charge in [-0.25, -0.2) is 0 Å². The summed E-state index contributed by atoms with van der Waals surface area (Å²) in [7, 11) is 0. The Kier molecular flexibility index (Phi) is 4.66. The quantitative estimate of drug-likeness (QED) is 0.832. The lowest BCUT2D eigenvalue weighted by molar-refractivity contribution is -0.116. The molecule has 0 aliphatic carbocycles. The van der Waals surface area contributed by atoms with Crippen LogP contribution in [0.15, 0.2) is 12.1 Å². The SMILES string of the molecule is Cc1nn(CC(=O)Nc2c(N)cc(Cl)cc2Cl)c(C)c1Cl. The van der Waals surface area contributed by atoms with Gasteiger partial charge in [-0.05, 0) is 26.0 Å². The molecule has 8 heteroatoms. The first-order chi connectivity index (χ1) is 9.79. The standard InChI is InChI=1S/C13H13Cl3N4O/c1-6-12(16)7(2)20(19-6)5-11(21)18-13-9(15)3-8(14)4-10(13)17/h3-4H,5,17H2,1-2H3,(H,18,21). The zero-order valence-electron chi connectivity index (χ0n) is 11.4. The van der Waals surface area contributed by atoms with E-state index in [0.717, 1.165) is 5.69 Å². The van der Waals surface area contributed by atoms with Gasteiger partial charge >= 0.3 is 0 Å². The molecule has 0 saturated heterocycles. The fraction of sp³-hybridized carbons (Fsp3) is 0.231. The van der Waals surface area contributed by atoms with Gasteiger partial charge in [0.05, 0.1) is 32.8 Å². The van der Waals surface area contributed by atoms with Gasteiger partial charge in [-0.15, -0.1) is 0 Å². The highest BCUT2D eigenvalue weighted by atomic mass is 35.5. The summed E-state index contributed by atoms with van der Waals surface area (Å²) in [6, 6.07) is 3.03. The van der Waals surface area contributed by atoms with Crippen LogP contribution < -0.4 is 11.1 Å². The minimum atomic E-state index is -0.312. The van der Waals surface area contributed by atoms with Crippen LogP contribution in [-0.4, -0.2) is 15.7 Å². The Bertz CT molecular complexity index is 689. The highest BCUT2D eigenvalue weighted by molar-refractivity contribution is 6.37. The van der Waals surface area contributed by atoms with Gasteiger partial charge in [0.25, 0.3) is 0 Å². The number of nitrogens with one attached hydrogen (secondary N) is 1. The molecule has 0 aliphatic heterocycles. The summed E-state index contributed by atoms with van der Waals surface area (Å²) in [6.45, 7) is 3.58. The van der Waals surface area contributed by atoms with Crippen molar-refractivity contribution in [1.82, 2.24) is 9.78 Å². The molecule has 5 nitrogen and oxygen atoms in total. The molecule has 1 aromatic heterocycles. The number of hydrogen-bond donors (Lipinski definition) is 2. The number of rotatable bonds is 3. The molecular formula is C13H13Cl3N4O. The van der Waals surface area contributed by atoms with Crippen molar-refractivity contribution >= 4 is 52.1 Å². The van der Waals surface area contributed by atoms with Gasteiger partial charge in [-0.3, -0.25) is 9.48 Å². The number of hydrogen-bond acceptors (Lipinski definition) is 3. The van der Waals surface area contributed by atoms with Crippen molar-refractivity contribution in [1.29, 1.82) is 0 Å². The minimum Gasteiger partial charge on any atom is -0.397 e. The second kappa shape index (κ2) is 6.13. The van der Waals surface area contributed by atoms with Crippen LogP contribution in [0, 0.1) is 13.8 Å². The van der Waals surface area contributed by atoms with E-state index in [2.05, 4.69) is 10.4 Å². The maximum absolute atomic E-state index is 12.1. The van der Waals surface area contributed by atoms with Crippen molar-refractivity contribution in [3.63, 3.8) is 0 Å².